The second-order valence-electron chi connectivity index (χ2n) is 4.82. The Balaban J connectivity index is 2.12. The van der Waals surface area contributed by atoms with E-state index in [2.05, 4.69) is 18.3 Å². The van der Waals surface area contributed by atoms with Gasteiger partial charge in [-0.3, -0.25) is 0 Å². The van der Waals surface area contributed by atoms with E-state index in [1.54, 1.807) is 13.2 Å². The quantitative estimate of drug-likeness (QED) is 0.784. The maximum Gasteiger partial charge on any atom is 0.123 e. The van der Waals surface area contributed by atoms with Gasteiger partial charge in [0.2, 0.25) is 0 Å². The van der Waals surface area contributed by atoms with Crippen LogP contribution in [0, 0.1) is 0 Å². The molecule has 0 heterocycles. The minimum atomic E-state index is 0.180. The smallest absolute Gasteiger partial charge is 0.123 e. The van der Waals surface area contributed by atoms with Crippen LogP contribution in [0.5, 0.6) is 5.75 Å². The summed E-state index contributed by atoms with van der Waals surface area (Å²) >= 11 is 12.3. The maximum absolute atomic E-state index is 6.29. The number of hydrogen-bond acceptors (Lipinski definition) is 2. The fourth-order valence-electron chi connectivity index (χ4n) is 2.34. The lowest BCUT2D eigenvalue weighted by Crippen LogP contribution is -2.21. The van der Waals surface area contributed by atoms with Crippen LogP contribution in [-0.4, -0.2) is 7.11 Å². The van der Waals surface area contributed by atoms with Gasteiger partial charge < -0.3 is 10.1 Å². The van der Waals surface area contributed by atoms with Gasteiger partial charge in [0.15, 0.2) is 0 Å². The van der Waals surface area contributed by atoms with E-state index >= 15 is 0 Å². The van der Waals surface area contributed by atoms with Crippen LogP contribution in [0.2, 0.25) is 10.0 Å². The van der Waals surface area contributed by atoms with Gasteiger partial charge in [0, 0.05) is 28.2 Å². The molecule has 2 aromatic rings. The molecule has 0 bridgehead atoms. The standard InChI is InChI=1S/C17H19Cl2NO/c1-3-16(14-9-8-13(18)10-15(14)19)20-11-12-6-4-5-7-17(12)21-2/h4-10,16,20H,3,11H2,1-2H3. The molecule has 1 N–H and O–H groups in total. The van der Waals surface area contributed by atoms with E-state index in [0.717, 1.165) is 29.8 Å². The van der Waals surface area contributed by atoms with E-state index in [4.69, 9.17) is 27.9 Å². The third-order valence-electron chi connectivity index (χ3n) is 3.48. The molecule has 0 fully saturated rings. The predicted octanol–water partition coefficient (Wildman–Crippen LogP) is 5.24. The summed E-state index contributed by atoms with van der Waals surface area (Å²) in [5.41, 5.74) is 2.20. The third kappa shape index (κ3) is 4.13. The molecule has 2 aromatic carbocycles. The fraction of sp³-hybridized carbons (Fsp3) is 0.294. The predicted molar refractivity (Wildman–Crippen MR) is 89.3 cm³/mol. The SMILES string of the molecule is CCC(NCc1ccccc1OC)c1ccc(Cl)cc1Cl. The zero-order valence-electron chi connectivity index (χ0n) is 12.2. The van der Waals surface area contributed by atoms with Crippen LogP contribution in [0.4, 0.5) is 0 Å². The van der Waals surface area contributed by atoms with Gasteiger partial charge in [-0.15, -0.1) is 0 Å². The lowest BCUT2D eigenvalue weighted by Gasteiger charge is -2.20. The van der Waals surface area contributed by atoms with Crippen molar-refractivity contribution in [2.24, 2.45) is 0 Å². The van der Waals surface area contributed by atoms with Gasteiger partial charge in [0.25, 0.3) is 0 Å². The summed E-state index contributed by atoms with van der Waals surface area (Å²) in [5.74, 6) is 0.891. The second kappa shape index (κ2) is 7.69. The number of hydrogen-bond donors (Lipinski definition) is 1. The number of halogens is 2. The van der Waals surface area contributed by atoms with Crippen molar-refractivity contribution in [2.75, 3.05) is 7.11 Å². The van der Waals surface area contributed by atoms with E-state index in [-0.39, 0.29) is 6.04 Å². The molecule has 0 aliphatic heterocycles. The van der Waals surface area contributed by atoms with Crippen molar-refractivity contribution >= 4 is 23.2 Å². The molecule has 2 rings (SSSR count). The maximum atomic E-state index is 6.29. The fourth-order valence-corrected chi connectivity index (χ4v) is 2.88. The van der Waals surface area contributed by atoms with Crippen molar-refractivity contribution in [1.29, 1.82) is 0 Å². The molecule has 0 amide bonds. The molecule has 1 unspecified atom stereocenters. The van der Waals surface area contributed by atoms with Crippen LogP contribution in [0.25, 0.3) is 0 Å². The van der Waals surface area contributed by atoms with Crippen molar-refractivity contribution in [1.82, 2.24) is 5.32 Å². The van der Waals surface area contributed by atoms with Crippen LogP contribution in [0.3, 0.4) is 0 Å². The molecule has 112 valence electrons. The summed E-state index contributed by atoms with van der Waals surface area (Å²) in [7, 11) is 1.69. The molecule has 2 nitrogen and oxygen atoms in total. The topological polar surface area (TPSA) is 21.3 Å². The molecule has 0 aliphatic carbocycles. The molecule has 4 heteroatoms. The Morgan fingerprint density at radius 3 is 2.57 bits per heavy atom. The number of methoxy groups -OCH3 is 1. The Kier molecular flexibility index (Phi) is 5.92. The van der Waals surface area contributed by atoms with Gasteiger partial charge in [-0.2, -0.15) is 0 Å². The average molecular weight is 324 g/mol. The summed E-state index contributed by atoms with van der Waals surface area (Å²) in [6, 6.07) is 13.8. The Labute approximate surface area is 136 Å². The number of ether oxygens (including phenoxy) is 1. The molecule has 1 atom stereocenters. The second-order valence-corrected chi connectivity index (χ2v) is 5.66. The first-order valence-corrected chi connectivity index (χ1v) is 7.71. The van der Waals surface area contributed by atoms with Crippen molar-refractivity contribution in [3.8, 4) is 5.75 Å². The van der Waals surface area contributed by atoms with Crippen molar-refractivity contribution in [3.05, 3.63) is 63.6 Å². The Morgan fingerprint density at radius 1 is 1.14 bits per heavy atom. The zero-order valence-corrected chi connectivity index (χ0v) is 13.7. The Morgan fingerprint density at radius 2 is 1.90 bits per heavy atom. The summed E-state index contributed by atoms with van der Waals surface area (Å²) in [6.45, 7) is 2.85. The minimum absolute atomic E-state index is 0.180. The highest BCUT2D eigenvalue weighted by Gasteiger charge is 2.13. The van der Waals surface area contributed by atoms with Crippen LogP contribution >= 0.6 is 23.2 Å². The van der Waals surface area contributed by atoms with Gasteiger partial charge in [-0.1, -0.05) is 54.4 Å². The lowest BCUT2D eigenvalue weighted by atomic mass is 10.0. The van der Waals surface area contributed by atoms with Crippen molar-refractivity contribution in [2.45, 2.75) is 25.9 Å². The summed E-state index contributed by atoms with van der Waals surface area (Å²) in [6.07, 6.45) is 0.941. The van der Waals surface area contributed by atoms with E-state index in [0.29, 0.717) is 10.0 Å². The largest absolute Gasteiger partial charge is 0.496 e. The number of para-hydroxylation sites is 1. The number of benzene rings is 2. The minimum Gasteiger partial charge on any atom is -0.496 e. The molecule has 21 heavy (non-hydrogen) atoms. The lowest BCUT2D eigenvalue weighted by molar-refractivity contribution is 0.404. The van der Waals surface area contributed by atoms with E-state index in [9.17, 15) is 0 Å². The van der Waals surface area contributed by atoms with E-state index < -0.39 is 0 Å². The molecule has 0 aromatic heterocycles. The molecule has 0 saturated heterocycles. The molecule has 0 spiro atoms. The Bertz CT molecular complexity index is 601. The molecular weight excluding hydrogens is 305 g/mol. The zero-order chi connectivity index (χ0) is 15.2. The molecular formula is C17H19Cl2NO. The first-order valence-electron chi connectivity index (χ1n) is 6.96. The highest BCUT2D eigenvalue weighted by Crippen LogP contribution is 2.28. The molecule has 0 aliphatic rings. The van der Waals surface area contributed by atoms with Gasteiger partial charge in [-0.05, 0) is 30.2 Å². The molecule has 0 saturated carbocycles. The number of rotatable bonds is 6. The van der Waals surface area contributed by atoms with E-state index in [1.807, 2.05) is 30.3 Å². The van der Waals surface area contributed by atoms with Crippen molar-refractivity contribution < 1.29 is 4.74 Å². The van der Waals surface area contributed by atoms with Gasteiger partial charge in [0.05, 0.1) is 7.11 Å². The monoisotopic (exact) mass is 323 g/mol. The summed E-state index contributed by atoms with van der Waals surface area (Å²) in [4.78, 5) is 0. The highest BCUT2D eigenvalue weighted by atomic mass is 35.5. The van der Waals surface area contributed by atoms with Crippen LogP contribution < -0.4 is 10.1 Å². The summed E-state index contributed by atoms with van der Waals surface area (Å²) in [5, 5.41) is 4.88. The highest BCUT2D eigenvalue weighted by molar-refractivity contribution is 6.35. The first-order chi connectivity index (χ1) is 10.2. The Hall–Kier alpha value is -1.22. The van der Waals surface area contributed by atoms with Crippen molar-refractivity contribution in [3.63, 3.8) is 0 Å². The normalized spacial score (nSPS) is 12.2. The third-order valence-corrected chi connectivity index (χ3v) is 4.04. The van der Waals surface area contributed by atoms with Crippen LogP contribution in [0.15, 0.2) is 42.5 Å². The van der Waals surface area contributed by atoms with Gasteiger partial charge in [0.1, 0.15) is 5.75 Å². The first kappa shape index (κ1) is 16.2. The van der Waals surface area contributed by atoms with Crippen LogP contribution in [-0.2, 0) is 6.54 Å². The molecule has 0 radical (unpaired) electrons. The van der Waals surface area contributed by atoms with Gasteiger partial charge in [-0.25, -0.2) is 0 Å². The van der Waals surface area contributed by atoms with E-state index in [1.165, 1.54) is 0 Å². The van der Waals surface area contributed by atoms with Crippen LogP contribution in [0.1, 0.15) is 30.5 Å². The van der Waals surface area contributed by atoms with Gasteiger partial charge >= 0.3 is 0 Å². The average Bonchev–Trinajstić information content (AvgIpc) is 2.50. The summed E-state index contributed by atoms with van der Waals surface area (Å²) < 4.78 is 5.37. The number of nitrogens with one attached hydrogen (secondary N) is 1.